The maximum atomic E-state index is 12.3. The van der Waals surface area contributed by atoms with Crippen LogP contribution in [0.2, 0.25) is 0 Å². The summed E-state index contributed by atoms with van der Waals surface area (Å²) in [6, 6.07) is -1.38. The Morgan fingerprint density at radius 1 is 1.24 bits per heavy atom. The Bertz CT molecular complexity index is 1040. The Morgan fingerprint density at radius 2 is 1.83 bits per heavy atom. The van der Waals surface area contributed by atoms with Crippen LogP contribution in [0.3, 0.4) is 0 Å². The average molecular weight is 414 g/mol. The Labute approximate surface area is 163 Å². The Morgan fingerprint density at radius 3 is 2.38 bits per heavy atom. The van der Waals surface area contributed by atoms with E-state index in [1.165, 1.54) is 14.0 Å². The van der Waals surface area contributed by atoms with E-state index >= 15 is 0 Å². The van der Waals surface area contributed by atoms with E-state index in [2.05, 4.69) is 15.0 Å². The summed E-state index contributed by atoms with van der Waals surface area (Å²) in [5.74, 6) is -9.07. The van der Waals surface area contributed by atoms with Crippen LogP contribution in [0.25, 0.3) is 11.0 Å². The molecule has 1 fully saturated rings. The summed E-state index contributed by atoms with van der Waals surface area (Å²) in [6.07, 6.45) is -0.419. The molecule has 0 aromatic carbocycles. The molecule has 3 rings (SSSR count). The summed E-state index contributed by atoms with van der Waals surface area (Å²) in [5.41, 5.74) is -0.915. The standard InChI is InChI=1S/C16H23N5O8/c1-6-5-15(26,27)21(4,7(2)22)16(28,29)10(6)20(3)12-8-9(23)13(24)17-11(8)18-14(25)19-12/h6,10,26-29H,5H2,1-4H3,(H3-,17,18,19,23,24,25)/p+1. The lowest BCUT2D eigenvalue weighted by Gasteiger charge is -2.56. The minimum atomic E-state index is -3.04. The number of hydrogen-bond acceptors (Lipinski definition) is 10. The summed E-state index contributed by atoms with van der Waals surface area (Å²) in [6.45, 7) is 2.47. The molecular formula is C16H24N5O8+. The molecule has 1 aliphatic rings. The van der Waals surface area contributed by atoms with Crippen molar-refractivity contribution in [3.05, 3.63) is 10.5 Å². The average Bonchev–Trinajstić information content (AvgIpc) is 2.85. The molecule has 1 amide bonds. The Hall–Kier alpha value is -2.71. The van der Waals surface area contributed by atoms with Crippen LogP contribution in [0, 0.1) is 5.92 Å². The molecule has 8 N–H and O–H groups in total. The van der Waals surface area contributed by atoms with Gasteiger partial charge in [0.1, 0.15) is 22.9 Å². The van der Waals surface area contributed by atoms with Crippen molar-refractivity contribution >= 4 is 22.8 Å². The van der Waals surface area contributed by atoms with E-state index in [9.17, 15) is 40.2 Å². The van der Waals surface area contributed by atoms with Gasteiger partial charge in [-0.1, -0.05) is 6.92 Å². The highest BCUT2D eigenvalue weighted by atomic mass is 16.6. The number of piperidine rings is 1. The van der Waals surface area contributed by atoms with Crippen LogP contribution in [0.5, 0.6) is 11.6 Å². The van der Waals surface area contributed by atoms with Gasteiger partial charge in [0.15, 0.2) is 5.75 Å². The normalized spacial score (nSPS) is 28.4. The van der Waals surface area contributed by atoms with Gasteiger partial charge in [-0.2, -0.15) is 9.47 Å². The van der Waals surface area contributed by atoms with Gasteiger partial charge in [-0.05, 0) is 5.92 Å². The van der Waals surface area contributed by atoms with Crippen LogP contribution in [-0.2, 0) is 4.79 Å². The highest BCUT2D eigenvalue weighted by molar-refractivity contribution is 5.95. The highest BCUT2D eigenvalue weighted by Gasteiger charge is 2.72. The molecule has 3 unspecified atom stereocenters. The Kier molecular flexibility index (Phi) is 4.45. The van der Waals surface area contributed by atoms with Gasteiger partial charge >= 0.3 is 23.4 Å². The molecule has 160 valence electrons. The number of likely N-dealkylation sites (tertiary alicyclic amines) is 1. The molecule has 2 aromatic rings. The largest absolute Gasteiger partial charge is 0.503 e. The summed E-state index contributed by atoms with van der Waals surface area (Å²) < 4.78 is -1.56. The number of likely N-dealkylation sites (N-methyl/N-ethyl adjacent to an activating group) is 2. The number of fused-ring (bicyclic) bond motifs is 1. The topological polar surface area (TPSA) is 203 Å². The maximum Gasteiger partial charge on any atom is 0.348 e. The first-order chi connectivity index (χ1) is 13.2. The van der Waals surface area contributed by atoms with Crippen molar-refractivity contribution in [2.75, 3.05) is 19.0 Å². The third-order valence-electron chi connectivity index (χ3n) is 5.90. The highest BCUT2D eigenvalue weighted by Crippen LogP contribution is 2.46. The van der Waals surface area contributed by atoms with Crippen molar-refractivity contribution in [1.29, 1.82) is 0 Å². The van der Waals surface area contributed by atoms with Crippen LogP contribution >= 0.6 is 0 Å². The number of aliphatic hydroxyl groups is 4. The third kappa shape index (κ3) is 2.63. The fourth-order valence-corrected chi connectivity index (χ4v) is 4.22. The molecule has 1 aliphatic heterocycles. The zero-order valence-corrected chi connectivity index (χ0v) is 16.2. The smallest absolute Gasteiger partial charge is 0.348 e. The zero-order chi connectivity index (χ0) is 22.1. The first-order valence-corrected chi connectivity index (χ1v) is 8.71. The van der Waals surface area contributed by atoms with E-state index < -0.39 is 57.9 Å². The third-order valence-corrected chi connectivity index (χ3v) is 5.90. The molecule has 3 atom stereocenters. The molecule has 3 heterocycles. The molecule has 0 spiro atoms. The zero-order valence-electron chi connectivity index (χ0n) is 16.2. The van der Waals surface area contributed by atoms with E-state index in [4.69, 9.17) is 0 Å². The predicted octanol–water partition coefficient (Wildman–Crippen LogP) is -2.22. The maximum absolute atomic E-state index is 12.3. The number of anilines is 1. The fraction of sp³-hybridized carbons (Fsp3) is 0.562. The van der Waals surface area contributed by atoms with Crippen LogP contribution in [-0.4, -0.2) is 87.9 Å². The lowest BCUT2D eigenvalue weighted by Crippen LogP contribution is -2.84. The minimum absolute atomic E-state index is 0.0609. The fourth-order valence-electron chi connectivity index (χ4n) is 4.22. The molecule has 2 aromatic heterocycles. The number of aromatic hydroxyl groups is 2. The summed E-state index contributed by atoms with van der Waals surface area (Å²) in [5, 5.41) is 62.6. The van der Waals surface area contributed by atoms with Gasteiger partial charge in [0.25, 0.3) is 0 Å². The number of amides is 1. The first-order valence-electron chi connectivity index (χ1n) is 8.71. The molecular weight excluding hydrogens is 390 g/mol. The SMILES string of the molecule is CC(=O)[N+]1(C)C(O)(O)CC(C)C(N(C)c2nc(=O)[nH]c3[nH]c(O)c(O)c23)C1(O)O. The quantitative estimate of drug-likeness (QED) is 0.196. The van der Waals surface area contributed by atoms with Crippen molar-refractivity contribution in [2.45, 2.75) is 38.1 Å². The van der Waals surface area contributed by atoms with Gasteiger partial charge in [-0.15, -0.1) is 0 Å². The monoisotopic (exact) mass is 414 g/mol. The number of rotatable bonds is 2. The minimum Gasteiger partial charge on any atom is -0.503 e. The molecule has 0 bridgehead atoms. The summed E-state index contributed by atoms with van der Waals surface area (Å²) in [7, 11) is 2.30. The van der Waals surface area contributed by atoms with Gasteiger partial charge in [-0.3, -0.25) is 4.98 Å². The predicted molar refractivity (Wildman–Crippen MR) is 97.2 cm³/mol. The van der Waals surface area contributed by atoms with E-state index in [0.29, 0.717) is 0 Å². The molecule has 13 heteroatoms. The van der Waals surface area contributed by atoms with E-state index in [0.717, 1.165) is 18.9 Å². The van der Waals surface area contributed by atoms with Gasteiger partial charge in [0.2, 0.25) is 5.88 Å². The van der Waals surface area contributed by atoms with Crippen LogP contribution in [0.15, 0.2) is 4.79 Å². The molecule has 13 nitrogen and oxygen atoms in total. The van der Waals surface area contributed by atoms with Crippen molar-refractivity contribution < 1.29 is 39.9 Å². The van der Waals surface area contributed by atoms with Crippen LogP contribution in [0.4, 0.5) is 5.82 Å². The molecule has 0 radical (unpaired) electrons. The number of aromatic nitrogens is 3. The summed E-state index contributed by atoms with van der Waals surface area (Å²) >= 11 is 0. The van der Waals surface area contributed by atoms with Crippen LogP contribution < -0.4 is 10.6 Å². The summed E-state index contributed by atoms with van der Waals surface area (Å²) in [4.78, 5) is 33.8. The number of quaternary nitrogens is 1. The lowest BCUT2D eigenvalue weighted by molar-refractivity contribution is -1.04. The molecule has 0 aliphatic carbocycles. The first kappa shape index (κ1) is 21.0. The number of carbonyl (C=O) groups is 1. The van der Waals surface area contributed by atoms with Crippen molar-refractivity contribution in [2.24, 2.45) is 5.92 Å². The number of nitrogens with zero attached hydrogens (tertiary/aromatic N) is 3. The number of nitrogens with one attached hydrogen (secondary N) is 2. The lowest BCUT2D eigenvalue weighted by atomic mass is 9.84. The second-order valence-electron chi connectivity index (χ2n) is 7.66. The van der Waals surface area contributed by atoms with E-state index in [1.807, 2.05) is 0 Å². The van der Waals surface area contributed by atoms with Gasteiger partial charge in [0.05, 0.1) is 20.4 Å². The molecule has 29 heavy (non-hydrogen) atoms. The van der Waals surface area contributed by atoms with E-state index in [-0.39, 0.29) is 16.9 Å². The van der Waals surface area contributed by atoms with E-state index in [1.54, 1.807) is 0 Å². The number of carbonyl (C=O) groups excluding carboxylic acids is 1. The van der Waals surface area contributed by atoms with Crippen molar-refractivity contribution in [3.8, 4) is 11.6 Å². The van der Waals surface area contributed by atoms with Gasteiger partial charge < -0.3 is 40.5 Å². The second kappa shape index (κ2) is 6.14. The van der Waals surface area contributed by atoms with Gasteiger partial charge in [-0.25, -0.2) is 9.59 Å². The number of H-pyrrole nitrogens is 2. The number of hydrogen-bond donors (Lipinski definition) is 8. The Balaban J connectivity index is 2.24. The van der Waals surface area contributed by atoms with Gasteiger partial charge in [0, 0.05) is 7.05 Å². The second-order valence-corrected chi connectivity index (χ2v) is 7.66. The van der Waals surface area contributed by atoms with Crippen molar-refractivity contribution in [3.63, 3.8) is 0 Å². The molecule has 0 saturated carbocycles. The number of aromatic amines is 2. The molecule has 1 saturated heterocycles. The van der Waals surface area contributed by atoms with Crippen molar-refractivity contribution in [1.82, 2.24) is 15.0 Å². The van der Waals surface area contributed by atoms with Crippen LogP contribution in [0.1, 0.15) is 20.3 Å².